The first-order valence-electron chi connectivity index (χ1n) is 7.21. The van der Waals surface area contributed by atoms with Crippen LogP contribution in [0.5, 0.6) is 0 Å². The second-order valence-electron chi connectivity index (χ2n) is 5.53. The third-order valence-corrected chi connectivity index (χ3v) is 3.08. The molecule has 0 aliphatic heterocycles. The van der Waals surface area contributed by atoms with Gasteiger partial charge in [0.1, 0.15) is 17.7 Å². The van der Waals surface area contributed by atoms with Gasteiger partial charge in [0.05, 0.1) is 5.69 Å². The number of hydrogen-bond acceptors (Lipinski definition) is 4. The molecule has 0 heterocycles. The van der Waals surface area contributed by atoms with Gasteiger partial charge in [0.25, 0.3) is 5.91 Å². The zero-order chi connectivity index (χ0) is 19.1. The van der Waals surface area contributed by atoms with Crippen LogP contribution in [0.3, 0.4) is 0 Å². The number of halogens is 3. The second-order valence-corrected chi connectivity index (χ2v) is 5.53. The molecule has 6 nitrogen and oxygen atoms in total. The maximum atomic E-state index is 13.5. The van der Waals surface area contributed by atoms with E-state index in [4.69, 9.17) is 10.4 Å². The molecule has 9 heteroatoms. The summed E-state index contributed by atoms with van der Waals surface area (Å²) in [6.07, 6.45) is 0.921. The van der Waals surface area contributed by atoms with E-state index < -0.39 is 46.6 Å². The number of aliphatic carboxylic acids is 1. The fourth-order valence-corrected chi connectivity index (χ4v) is 1.86. The van der Waals surface area contributed by atoms with Gasteiger partial charge < -0.3 is 15.7 Å². The maximum absolute atomic E-state index is 13.5. The number of amides is 1. The Balaban J connectivity index is 2.92. The molecule has 1 aromatic carbocycles. The van der Waals surface area contributed by atoms with Crippen molar-refractivity contribution in [2.45, 2.75) is 26.3 Å². The molecular weight excluding hydrogens is 339 g/mol. The van der Waals surface area contributed by atoms with Crippen molar-refractivity contribution in [2.75, 3.05) is 5.32 Å². The highest BCUT2D eigenvalue weighted by Gasteiger charge is 2.23. The van der Waals surface area contributed by atoms with Gasteiger partial charge in [0.2, 0.25) is 0 Å². The number of nitriles is 1. The minimum Gasteiger partial charge on any atom is -0.480 e. The van der Waals surface area contributed by atoms with Gasteiger partial charge >= 0.3 is 5.97 Å². The van der Waals surface area contributed by atoms with Crippen LogP contribution in [0.15, 0.2) is 23.9 Å². The molecule has 1 aromatic rings. The maximum Gasteiger partial charge on any atom is 0.326 e. The summed E-state index contributed by atoms with van der Waals surface area (Å²) in [5.41, 5.74) is -1.05. The summed E-state index contributed by atoms with van der Waals surface area (Å²) in [4.78, 5) is 23.1. The monoisotopic (exact) mass is 355 g/mol. The van der Waals surface area contributed by atoms with Gasteiger partial charge in [0, 0.05) is 6.20 Å². The van der Waals surface area contributed by atoms with Crippen LogP contribution in [-0.4, -0.2) is 23.0 Å². The van der Waals surface area contributed by atoms with Crippen LogP contribution < -0.4 is 10.6 Å². The van der Waals surface area contributed by atoms with Crippen LogP contribution >= 0.6 is 0 Å². The number of carboxylic acid groups (broad SMARTS) is 1. The average molecular weight is 355 g/mol. The Morgan fingerprint density at radius 3 is 2.44 bits per heavy atom. The molecule has 0 saturated heterocycles. The van der Waals surface area contributed by atoms with Crippen molar-refractivity contribution in [3.63, 3.8) is 0 Å². The van der Waals surface area contributed by atoms with Gasteiger partial charge in [-0.15, -0.1) is 0 Å². The van der Waals surface area contributed by atoms with Crippen LogP contribution in [0.25, 0.3) is 0 Å². The van der Waals surface area contributed by atoms with E-state index in [9.17, 15) is 22.8 Å². The largest absolute Gasteiger partial charge is 0.480 e. The number of nitrogens with one attached hydrogen (secondary N) is 2. The predicted octanol–water partition coefficient (Wildman–Crippen LogP) is 2.54. The Hall–Kier alpha value is -3.02. The van der Waals surface area contributed by atoms with Crippen molar-refractivity contribution >= 4 is 17.6 Å². The highest BCUT2D eigenvalue weighted by atomic mass is 19.2. The highest BCUT2D eigenvalue weighted by Crippen LogP contribution is 2.19. The zero-order valence-electron chi connectivity index (χ0n) is 13.4. The van der Waals surface area contributed by atoms with Crippen molar-refractivity contribution in [1.29, 1.82) is 5.26 Å². The van der Waals surface area contributed by atoms with Gasteiger partial charge in [-0.3, -0.25) is 4.79 Å². The number of rotatable bonds is 7. The normalized spacial score (nSPS) is 12.4. The lowest BCUT2D eigenvalue weighted by Crippen LogP contribution is -2.42. The van der Waals surface area contributed by atoms with E-state index in [1.807, 2.05) is 0 Å². The van der Waals surface area contributed by atoms with Crippen molar-refractivity contribution < 1.29 is 27.9 Å². The van der Waals surface area contributed by atoms with E-state index in [0.717, 1.165) is 12.3 Å². The summed E-state index contributed by atoms with van der Waals surface area (Å²) >= 11 is 0. The van der Waals surface area contributed by atoms with Crippen molar-refractivity contribution in [3.05, 3.63) is 41.4 Å². The molecule has 0 aliphatic carbocycles. The lowest BCUT2D eigenvalue weighted by molar-refractivity contribution is -0.141. The Morgan fingerprint density at radius 2 is 1.92 bits per heavy atom. The van der Waals surface area contributed by atoms with E-state index >= 15 is 0 Å². The number of carbonyl (C=O) groups excluding carboxylic acids is 1. The Kier molecular flexibility index (Phi) is 6.99. The summed E-state index contributed by atoms with van der Waals surface area (Å²) in [7, 11) is 0. The first-order valence-corrected chi connectivity index (χ1v) is 7.21. The molecule has 0 saturated carbocycles. The van der Waals surface area contributed by atoms with Gasteiger partial charge in [-0.25, -0.2) is 18.0 Å². The number of nitrogens with zero attached hydrogens (tertiary/aromatic N) is 1. The number of anilines is 1. The van der Waals surface area contributed by atoms with Gasteiger partial charge in [-0.1, -0.05) is 13.8 Å². The minimum absolute atomic E-state index is 0.0228. The van der Waals surface area contributed by atoms with Gasteiger partial charge in [-0.2, -0.15) is 5.26 Å². The van der Waals surface area contributed by atoms with E-state index in [1.165, 1.54) is 6.07 Å². The van der Waals surface area contributed by atoms with Crippen molar-refractivity contribution in [3.8, 4) is 6.07 Å². The van der Waals surface area contributed by atoms with Crippen LogP contribution in [0.2, 0.25) is 0 Å². The average Bonchev–Trinajstić information content (AvgIpc) is 2.54. The highest BCUT2D eigenvalue weighted by molar-refractivity contribution is 5.99. The molecule has 1 rings (SSSR count). The smallest absolute Gasteiger partial charge is 0.326 e. The first-order chi connectivity index (χ1) is 11.7. The summed E-state index contributed by atoms with van der Waals surface area (Å²) in [6, 6.07) is 1.87. The SMILES string of the molecule is CC(C)CC(NC(=O)/C(C#N)=C\Nc1ccc(F)c(F)c1F)C(=O)O. The third kappa shape index (κ3) is 5.53. The van der Waals surface area contributed by atoms with E-state index in [2.05, 4.69) is 10.6 Å². The van der Waals surface area contributed by atoms with Gasteiger partial charge in [-0.05, 0) is 24.5 Å². The molecule has 0 fully saturated rings. The summed E-state index contributed by atoms with van der Waals surface area (Å²) in [5, 5.41) is 22.4. The molecule has 3 N–H and O–H groups in total. The molecule has 1 amide bonds. The lowest BCUT2D eigenvalue weighted by atomic mass is 10.0. The Bertz CT molecular complexity index is 742. The second kappa shape index (κ2) is 8.73. The summed E-state index contributed by atoms with van der Waals surface area (Å²) < 4.78 is 39.5. The molecule has 0 spiro atoms. The van der Waals surface area contributed by atoms with E-state index in [-0.39, 0.29) is 12.3 Å². The molecule has 1 unspecified atom stereocenters. The fourth-order valence-electron chi connectivity index (χ4n) is 1.86. The van der Waals surface area contributed by atoms with E-state index in [1.54, 1.807) is 13.8 Å². The molecule has 0 radical (unpaired) electrons. The fraction of sp³-hybridized carbons (Fsp3) is 0.312. The predicted molar refractivity (Wildman–Crippen MR) is 82.7 cm³/mol. The van der Waals surface area contributed by atoms with Crippen LogP contribution in [0.4, 0.5) is 18.9 Å². The number of hydrogen-bond donors (Lipinski definition) is 3. The third-order valence-electron chi connectivity index (χ3n) is 3.08. The number of carbonyl (C=O) groups is 2. The lowest BCUT2D eigenvalue weighted by Gasteiger charge is -2.16. The van der Waals surface area contributed by atoms with Crippen LogP contribution in [-0.2, 0) is 9.59 Å². The number of benzene rings is 1. The standard InChI is InChI=1S/C16H16F3N3O3/c1-8(2)5-12(16(24)25)22-15(23)9(6-20)7-21-11-4-3-10(17)13(18)14(11)19/h3-4,7-8,12,21H,5H2,1-2H3,(H,22,23)(H,24,25)/b9-7-. The molecule has 0 bridgehead atoms. The molecule has 0 aliphatic rings. The Labute approximate surface area is 141 Å². The van der Waals surface area contributed by atoms with Crippen LogP contribution in [0, 0.1) is 34.7 Å². The van der Waals surface area contributed by atoms with Crippen molar-refractivity contribution in [1.82, 2.24) is 5.32 Å². The summed E-state index contributed by atoms with van der Waals surface area (Å²) in [6.45, 7) is 3.52. The topological polar surface area (TPSA) is 102 Å². The molecule has 25 heavy (non-hydrogen) atoms. The van der Waals surface area contributed by atoms with Crippen molar-refractivity contribution in [2.24, 2.45) is 5.92 Å². The van der Waals surface area contributed by atoms with Gasteiger partial charge in [0.15, 0.2) is 17.5 Å². The van der Waals surface area contributed by atoms with E-state index in [0.29, 0.717) is 6.07 Å². The quantitative estimate of drug-likeness (QED) is 0.396. The zero-order valence-corrected chi connectivity index (χ0v) is 13.4. The first kappa shape index (κ1) is 20.0. The minimum atomic E-state index is -1.70. The number of carboxylic acids is 1. The molecule has 1 atom stereocenters. The molecule has 0 aromatic heterocycles. The molecular formula is C16H16F3N3O3. The molecule has 134 valence electrons. The Morgan fingerprint density at radius 1 is 1.28 bits per heavy atom. The summed E-state index contributed by atoms with van der Waals surface area (Å²) in [5.74, 6) is -6.89. The van der Waals surface area contributed by atoms with Crippen LogP contribution in [0.1, 0.15) is 20.3 Å².